The molecule has 1 unspecified atom stereocenters. The minimum absolute atomic E-state index is 0. The lowest BCUT2D eigenvalue weighted by Gasteiger charge is -2.33. The molecule has 7 heteroatoms. The van der Waals surface area contributed by atoms with Crippen LogP contribution in [0.3, 0.4) is 0 Å². The lowest BCUT2D eigenvalue weighted by Crippen LogP contribution is -2.44. The first-order valence-electron chi connectivity index (χ1n) is 9.27. The van der Waals surface area contributed by atoms with Crippen LogP contribution in [0.4, 0.5) is 0 Å². The van der Waals surface area contributed by atoms with Gasteiger partial charge in [0.15, 0.2) is 5.96 Å². The van der Waals surface area contributed by atoms with Gasteiger partial charge in [-0.1, -0.05) is 18.9 Å². The van der Waals surface area contributed by atoms with E-state index < -0.39 is 0 Å². The van der Waals surface area contributed by atoms with Gasteiger partial charge in [-0.25, -0.2) is 0 Å². The van der Waals surface area contributed by atoms with Crippen LogP contribution in [-0.2, 0) is 4.74 Å². The molecule has 2 aliphatic rings. The van der Waals surface area contributed by atoms with Gasteiger partial charge in [-0.15, -0.1) is 35.3 Å². The summed E-state index contributed by atoms with van der Waals surface area (Å²) < 4.78 is 5.52. The minimum atomic E-state index is 0. The van der Waals surface area contributed by atoms with Crippen molar-refractivity contribution < 1.29 is 4.74 Å². The molecule has 1 saturated heterocycles. The zero-order valence-electron chi connectivity index (χ0n) is 15.1. The fraction of sp³-hybridized carbons (Fsp3) is 0.722. The molecule has 25 heavy (non-hydrogen) atoms. The van der Waals surface area contributed by atoms with Gasteiger partial charge in [-0.2, -0.15) is 0 Å². The van der Waals surface area contributed by atoms with E-state index in [0.29, 0.717) is 12.1 Å². The molecule has 1 aliphatic heterocycles. The summed E-state index contributed by atoms with van der Waals surface area (Å²) in [5.41, 5.74) is 0. The smallest absolute Gasteiger partial charge is 0.191 e. The fourth-order valence-electron chi connectivity index (χ4n) is 3.52. The molecule has 0 amide bonds. The molecule has 1 aromatic rings. The van der Waals surface area contributed by atoms with Crippen LogP contribution in [0.25, 0.3) is 0 Å². The average Bonchev–Trinajstić information content (AvgIpc) is 3.30. The van der Waals surface area contributed by atoms with Crippen molar-refractivity contribution in [3.63, 3.8) is 0 Å². The Balaban J connectivity index is 0.00000225. The van der Waals surface area contributed by atoms with Gasteiger partial charge in [0.1, 0.15) is 0 Å². The van der Waals surface area contributed by atoms with Crippen molar-refractivity contribution in [2.45, 2.75) is 44.7 Å². The molecule has 3 rings (SSSR count). The Morgan fingerprint density at radius 1 is 1.36 bits per heavy atom. The molecule has 5 nitrogen and oxygen atoms in total. The van der Waals surface area contributed by atoms with Gasteiger partial charge in [-0.05, 0) is 31.2 Å². The van der Waals surface area contributed by atoms with E-state index >= 15 is 0 Å². The number of aliphatic imine (C=N–C) groups is 1. The van der Waals surface area contributed by atoms with Crippen molar-refractivity contribution in [2.24, 2.45) is 4.99 Å². The third kappa shape index (κ3) is 6.37. The van der Waals surface area contributed by atoms with Crippen LogP contribution in [0.15, 0.2) is 22.5 Å². The Hall–Kier alpha value is -0.380. The van der Waals surface area contributed by atoms with Crippen LogP contribution in [0.5, 0.6) is 0 Å². The highest BCUT2D eigenvalue weighted by Gasteiger charge is 2.23. The van der Waals surface area contributed by atoms with E-state index in [1.54, 1.807) is 0 Å². The summed E-state index contributed by atoms with van der Waals surface area (Å²) in [6, 6.07) is 5.32. The Kier molecular flexibility index (Phi) is 9.51. The molecule has 0 radical (unpaired) electrons. The van der Waals surface area contributed by atoms with Crippen LogP contribution in [-0.4, -0.2) is 56.3 Å². The number of nitrogens with one attached hydrogen (secondary N) is 2. The highest BCUT2D eigenvalue weighted by atomic mass is 127. The standard InChI is InChI=1S/C18H30N4OS.HI/c1-2-19-18(21-15-6-3-4-7-15)20-14-16(17-8-5-13-24-17)22-9-11-23-12-10-22;/h5,8,13,15-16H,2-4,6-7,9-12,14H2,1H3,(H2,19,20,21);1H. The van der Waals surface area contributed by atoms with E-state index in [1.807, 2.05) is 11.3 Å². The van der Waals surface area contributed by atoms with Gasteiger partial charge in [0.25, 0.3) is 0 Å². The number of hydrogen-bond donors (Lipinski definition) is 2. The number of halogens is 1. The number of morpholine rings is 1. The molecule has 1 saturated carbocycles. The topological polar surface area (TPSA) is 48.9 Å². The third-order valence-electron chi connectivity index (χ3n) is 4.82. The van der Waals surface area contributed by atoms with Gasteiger partial charge >= 0.3 is 0 Å². The summed E-state index contributed by atoms with van der Waals surface area (Å²) in [4.78, 5) is 8.84. The van der Waals surface area contributed by atoms with Gasteiger partial charge in [0, 0.05) is 30.6 Å². The van der Waals surface area contributed by atoms with Gasteiger partial charge in [0.2, 0.25) is 0 Å². The van der Waals surface area contributed by atoms with E-state index in [-0.39, 0.29) is 24.0 Å². The summed E-state index contributed by atoms with van der Waals surface area (Å²) in [7, 11) is 0. The van der Waals surface area contributed by atoms with Gasteiger partial charge in [0.05, 0.1) is 25.8 Å². The molecule has 0 aromatic carbocycles. The molecular weight excluding hydrogens is 447 g/mol. The summed E-state index contributed by atoms with van der Waals surface area (Å²) in [6.45, 7) is 7.46. The Morgan fingerprint density at radius 2 is 2.12 bits per heavy atom. The lowest BCUT2D eigenvalue weighted by atomic mass is 10.2. The quantitative estimate of drug-likeness (QED) is 0.375. The fourth-order valence-corrected chi connectivity index (χ4v) is 4.37. The van der Waals surface area contributed by atoms with E-state index in [2.05, 4.69) is 40.0 Å². The third-order valence-corrected chi connectivity index (χ3v) is 5.79. The van der Waals surface area contributed by atoms with Crippen LogP contribution in [0, 0.1) is 0 Å². The van der Waals surface area contributed by atoms with Crippen molar-refractivity contribution in [3.05, 3.63) is 22.4 Å². The molecule has 1 aromatic heterocycles. The van der Waals surface area contributed by atoms with E-state index in [0.717, 1.165) is 45.4 Å². The van der Waals surface area contributed by atoms with Crippen molar-refractivity contribution in [2.75, 3.05) is 39.4 Å². The van der Waals surface area contributed by atoms with Crippen molar-refractivity contribution in [1.29, 1.82) is 0 Å². The summed E-state index contributed by atoms with van der Waals surface area (Å²) >= 11 is 1.83. The largest absolute Gasteiger partial charge is 0.379 e. The molecule has 0 bridgehead atoms. The normalized spacial score (nSPS) is 20.9. The first-order valence-corrected chi connectivity index (χ1v) is 10.1. The molecule has 2 fully saturated rings. The maximum absolute atomic E-state index is 5.52. The van der Waals surface area contributed by atoms with Gasteiger partial charge in [-0.3, -0.25) is 9.89 Å². The minimum Gasteiger partial charge on any atom is -0.379 e. The van der Waals surface area contributed by atoms with E-state index in [9.17, 15) is 0 Å². The molecule has 2 N–H and O–H groups in total. The molecule has 1 aliphatic carbocycles. The molecular formula is C18H31IN4OS. The molecule has 1 atom stereocenters. The SMILES string of the molecule is CCNC(=NCC(c1cccs1)N1CCOCC1)NC1CCCC1.I. The first-order chi connectivity index (χ1) is 11.9. The number of thiophene rings is 1. The maximum Gasteiger partial charge on any atom is 0.191 e. The highest BCUT2D eigenvalue weighted by Crippen LogP contribution is 2.26. The van der Waals surface area contributed by atoms with Crippen LogP contribution in [0.1, 0.15) is 43.5 Å². The zero-order chi connectivity index (χ0) is 16.6. The monoisotopic (exact) mass is 478 g/mol. The van der Waals surface area contributed by atoms with Crippen LogP contribution >= 0.6 is 35.3 Å². The predicted molar refractivity (Wildman–Crippen MR) is 116 cm³/mol. The Bertz CT molecular complexity index is 499. The Morgan fingerprint density at radius 3 is 2.76 bits per heavy atom. The number of hydrogen-bond acceptors (Lipinski definition) is 4. The summed E-state index contributed by atoms with van der Waals surface area (Å²) in [5.74, 6) is 0.971. The number of ether oxygens (including phenoxy) is 1. The van der Waals surface area contributed by atoms with Crippen LogP contribution < -0.4 is 10.6 Å². The predicted octanol–water partition coefficient (Wildman–Crippen LogP) is 3.24. The lowest BCUT2D eigenvalue weighted by molar-refractivity contribution is 0.0186. The highest BCUT2D eigenvalue weighted by molar-refractivity contribution is 14.0. The van der Waals surface area contributed by atoms with Crippen LogP contribution in [0.2, 0.25) is 0 Å². The zero-order valence-corrected chi connectivity index (χ0v) is 18.2. The Labute approximate surface area is 172 Å². The maximum atomic E-state index is 5.52. The summed E-state index contributed by atoms with van der Waals surface area (Å²) in [5, 5.41) is 9.19. The summed E-state index contributed by atoms with van der Waals surface area (Å²) in [6.07, 6.45) is 5.20. The van der Waals surface area contributed by atoms with Crippen molar-refractivity contribution >= 4 is 41.3 Å². The van der Waals surface area contributed by atoms with Crippen molar-refractivity contribution in [3.8, 4) is 0 Å². The van der Waals surface area contributed by atoms with Gasteiger partial charge < -0.3 is 15.4 Å². The molecule has 0 spiro atoms. The molecule has 2 heterocycles. The van der Waals surface area contributed by atoms with E-state index in [1.165, 1.54) is 30.6 Å². The molecule has 142 valence electrons. The average molecular weight is 478 g/mol. The second kappa shape index (κ2) is 11.4. The van der Waals surface area contributed by atoms with Crippen molar-refractivity contribution in [1.82, 2.24) is 15.5 Å². The second-order valence-corrected chi connectivity index (χ2v) is 7.50. The number of guanidine groups is 1. The second-order valence-electron chi connectivity index (χ2n) is 6.52. The number of nitrogens with zero attached hydrogens (tertiary/aromatic N) is 2. The van der Waals surface area contributed by atoms with E-state index in [4.69, 9.17) is 9.73 Å². The number of rotatable bonds is 6. The first kappa shape index (κ1) is 20.9.